The van der Waals surface area contributed by atoms with Crippen molar-refractivity contribution in [2.75, 3.05) is 32.5 Å². The van der Waals surface area contributed by atoms with Gasteiger partial charge in [0.05, 0.1) is 5.69 Å². The maximum absolute atomic E-state index is 4.37. The molecule has 0 bridgehead atoms. The van der Waals surface area contributed by atoms with Gasteiger partial charge in [0, 0.05) is 32.0 Å². The lowest BCUT2D eigenvalue weighted by Crippen LogP contribution is -2.13. The molecule has 1 aliphatic rings. The molecule has 74 valence electrons. The van der Waals surface area contributed by atoms with Crippen LogP contribution < -0.4 is 5.32 Å². The summed E-state index contributed by atoms with van der Waals surface area (Å²) in [4.78, 5) is 6.64. The van der Waals surface area contributed by atoms with Crippen LogP contribution in [0.3, 0.4) is 0 Å². The predicted molar refractivity (Wildman–Crippen MR) is 59.3 cm³/mol. The standard InChI is InChI=1S/C11H15N3/c1-12-10-3-5-13-11(7-10)9-4-6-14(2)8-9/h3-5,7H,6,8H2,1-2H3,(H,12,13). The number of likely N-dealkylation sites (N-methyl/N-ethyl adjacent to an activating group) is 1. The second-order valence-corrected chi connectivity index (χ2v) is 3.61. The Labute approximate surface area is 84.5 Å². The summed E-state index contributed by atoms with van der Waals surface area (Å²) in [5, 5.41) is 3.12. The molecule has 1 N–H and O–H groups in total. The highest BCUT2D eigenvalue weighted by Gasteiger charge is 2.12. The molecule has 0 saturated carbocycles. The molecule has 1 aromatic rings. The van der Waals surface area contributed by atoms with Crippen LogP contribution in [0.25, 0.3) is 5.57 Å². The van der Waals surface area contributed by atoms with Gasteiger partial charge in [-0.3, -0.25) is 9.88 Å². The van der Waals surface area contributed by atoms with Crippen molar-refractivity contribution in [2.24, 2.45) is 0 Å². The van der Waals surface area contributed by atoms with E-state index in [0.29, 0.717) is 0 Å². The monoisotopic (exact) mass is 189 g/mol. The van der Waals surface area contributed by atoms with Crippen molar-refractivity contribution in [1.82, 2.24) is 9.88 Å². The molecule has 0 unspecified atom stereocenters. The smallest absolute Gasteiger partial charge is 0.0692 e. The van der Waals surface area contributed by atoms with E-state index in [2.05, 4.69) is 34.4 Å². The van der Waals surface area contributed by atoms with Gasteiger partial charge in [0.15, 0.2) is 0 Å². The van der Waals surface area contributed by atoms with Gasteiger partial charge in [0.1, 0.15) is 0 Å². The van der Waals surface area contributed by atoms with Gasteiger partial charge >= 0.3 is 0 Å². The quantitative estimate of drug-likeness (QED) is 0.763. The molecule has 0 spiro atoms. The summed E-state index contributed by atoms with van der Waals surface area (Å²) in [5.41, 5.74) is 3.52. The highest BCUT2D eigenvalue weighted by molar-refractivity contribution is 5.68. The number of aromatic nitrogens is 1. The zero-order valence-corrected chi connectivity index (χ0v) is 8.62. The van der Waals surface area contributed by atoms with Crippen LogP contribution in [-0.4, -0.2) is 37.1 Å². The van der Waals surface area contributed by atoms with Crippen LogP contribution in [-0.2, 0) is 0 Å². The predicted octanol–water partition coefficient (Wildman–Crippen LogP) is 1.45. The number of hydrogen-bond donors (Lipinski definition) is 1. The third-order valence-corrected chi connectivity index (χ3v) is 2.47. The molecule has 1 aromatic heterocycles. The van der Waals surface area contributed by atoms with Gasteiger partial charge in [0.2, 0.25) is 0 Å². The number of rotatable bonds is 2. The molecule has 2 heterocycles. The molecule has 0 aliphatic carbocycles. The summed E-state index contributed by atoms with van der Waals surface area (Å²) in [6, 6.07) is 4.06. The molecule has 3 heteroatoms. The van der Waals surface area contributed by atoms with Crippen LogP contribution in [0.15, 0.2) is 24.4 Å². The SMILES string of the molecule is CNc1ccnc(C2=CCN(C)C2)c1. The van der Waals surface area contributed by atoms with Crippen molar-refractivity contribution in [3.63, 3.8) is 0 Å². The van der Waals surface area contributed by atoms with E-state index in [1.165, 1.54) is 5.57 Å². The summed E-state index contributed by atoms with van der Waals surface area (Å²) >= 11 is 0. The van der Waals surface area contributed by atoms with Crippen molar-refractivity contribution in [3.8, 4) is 0 Å². The van der Waals surface area contributed by atoms with Crippen LogP contribution in [0.4, 0.5) is 5.69 Å². The fourth-order valence-electron chi connectivity index (χ4n) is 1.63. The van der Waals surface area contributed by atoms with Crippen molar-refractivity contribution < 1.29 is 0 Å². The molecule has 14 heavy (non-hydrogen) atoms. The van der Waals surface area contributed by atoms with Crippen molar-refractivity contribution in [2.45, 2.75) is 0 Å². The lowest BCUT2D eigenvalue weighted by molar-refractivity contribution is 0.438. The minimum absolute atomic E-state index is 1.00. The van der Waals surface area contributed by atoms with E-state index in [4.69, 9.17) is 0 Å². The number of nitrogens with zero attached hydrogens (tertiary/aromatic N) is 2. The lowest BCUT2D eigenvalue weighted by Gasteiger charge is -2.08. The van der Waals surface area contributed by atoms with Gasteiger partial charge in [0.25, 0.3) is 0 Å². The molecule has 3 nitrogen and oxygen atoms in total. The van der Waals surface area contributed by atoms with Crippen molar-refractivity contribution in [1.29, 1.82) is 0 Å². The fourth-order valence-corrected chi connectivity index (χ4v) is 1.63. The first kappa shape index (κ1) is 9.21. The largest absolute Gasteiger partial charge is 0.388 e. The Kier molecular flexibility index (Phi) is 2.50. The van der Waals surface area contributed by atoms with E-state index in [-0.39, 0.29) is 0 Å². The maximum atomic E-state index is 4.37. The highest BCUT2D eigenvalue weighted by atomic mass is 15.1. The van der Waals surface area contributed by atoms with Gasteiger partial charge in [-0.2, -0.15) is 0 Å². The normalized spacial score (nSPS) is 16.9. The van der Waals surface area contributed by atoms with Gasteiger partial charge in [-0.05, 0) is 24.8 Å². The van der Waals surface area contributed by atoms with Gasteiger partial charge in [-0.25, -0.2) is 0 Å². The van der Waals surface area contributed by atoms with Gasteiger partial charge in [-0.1, -0.05) is 6.08 Å². The average Bonchev–Trinajstić information content (AvgIpc) is 2.65. The zero-order valence-electron chi connectivity index (χ0n) is 8.62. The zero-order chi connectivity index (χ0) is 9.97. The van der Waals surface area contributed by atoms with Crippen LogP contribution in [0.5, 0.6) is 0 Å². The van der Waals surface area contributed by atoms with E-state index in [1.807, 2.05) is 19.3 Å². The fraction of sp³-hybridized carbons (Fsp3) is 0.364. The van der Waals surface area contributed by atoms with E-state index < -0.39 is 0 Å². The van der Waals surface area contributed by atoms with Gasteiger partial charge < -0.3 is 5.32 Å². The second-order valence-electron chi connectivity index (χ2n) is 3.61. The molecular weight excluding hydrogens is 174 g/mol. The Bertz CT molecular complexity index is 357. The van der Waals surface area contributed by atoms with E-state index in [1.54, 1.807) is 0 Å². The first-order valence-corrected chi connectivity index (χ1v) is 4.81. The third kappa shape index (κ3) is 1.77. The minimum Gasteiger partial charge on any atom is -0.388 e. The molecule has 0 saturated heterocycles. The number of anilines is 1. The topological polar surface area (TPSA) is 28.2 Å². The first-order chi connectivity index (χ1) is 6.79. The highest BCUT2D eigenvalue weighted by Crippen LogP contribution is 2.20. The van der Waals surface area contributed by atoms with Crippen molar-refractivity contribution in [3.05, 3.63) is 30.1 Å². The van der Waals surface area contributed by atoms with Crippen LogP contribution >= 0.6 is 0 Å². The average molecular weight is 189 g/mol. The van der Waals surface area contributed by atoms with Gasteiger partial charge in [-0.15, -0.1) is 0 Å². The molecule has 0 aromatic carbocycles. The summed E-state index contributed by atoms with van der Waals surface area (Å²) in [7, 11) is 4.04. The van der Waals surface area contributed by atoms with Crippen LogP contribution in [0.1, 0.15) is 5.69 Å². The second kappa shape index (κ2) is 3.80. The van der Waals surface area contributed by atoms with E-state index in [9.17, 15) is 0 Å². The number of hydrogen-bond acceptors (Lipinski definition) is 3. The summed E-state index contributed by atoms with van der Waals surface area (Å²) in [5.74, 6) is 0. The minimum atomic E-state index is 1.00. The summed E-state index contributed by atoms with van der Waals surface area (Å²) in [6.07, 6.45) is 4.09. The van der Waals surface area contributed by atoms with Crippen LogP contribution in [0.2, 0.25) is 0 Å². The Morgan fingerprint density at radius 2 is 2.36 bits per heavy atom. The van der Waals surface area contributed by atoms with Crippen LogP contribution in [0, 0.1) is 0 Å². The Morgan fingerprint density at radius 1 is 1.50 bits per heavy atom. The molecule has 2 rings (SSSR count). The molecule has 0 fully saturated rings. The van der Waals surface area contributed by atoms with E-state index in [0.717, 1.165) is 24.5 Å². The molecule has 0 amide bonds. The Balaban J connectivity index is 2.24. The third-order valence-electron chi connectivity index (χ3n) is 2.47. The summed E-state index contributed by atoms with van der Waals surface area (Å²) < 4.78 is 0. The van der Waals surface area contributed by atoms with Crippen molar-refractivity contribution >= 4 is 11.3 Å². The first-order valence-electron chi connectivity index (χ1n) is 4.81. The molecular formula is C11H15N3. The maximum Gasteiger partial charge on any atom is 0.0692 e. The molecule has 0 radical (unpaired) electrons. The lowest BCUT2D eigenvalue weighted by atomic mass is 10.1. The van der Waals surface area contributed by atoms with E-state index >= 15 is 0 Å². The Morgan fingerprint density at radius 3 is 3.00 bits per heavy atom. The Hall–Kier alpha value is -1.35. The number of pyridine rings is 1. The molecule has 1 aliphatic heterocycles. The molecule has 0 atom stereocenters. The number of nitrogens with one attached hydrogen (secondary N) is 1. The summed E-state index contributed by atoms with van der Waals surface area (Å²) in [6.45, 7) is 2.03.